The van der Waals surface area contributed by atoms with Gasteiger partial charge < -0.3 is 9.47 Å². The zero-order chi connectivity index (χ0) is 10.6. The first kappa shape index (κ1) is 12.0. The van der Waals surface area contributed by atoms with E-state index >= 15 is 0 Å². The monoisotopic (exact) mass is 201 g/mol. The van der Waals surface area contributed by atoms with Crippen LogP contribution in [0.2, 0.25) is 0 Å². The van der Waals surface area contributed by atoms with Crippen LogP contribution in [0.3, 0.4) is 0 Å². The minimum atomic E-state index is 0.393. The summed E-state index contributed by atoms with van der Waals surface area (Å²) in [7, 11) is 3.57. The first-order valence-corrected chi connectivity index (χ1v) is 5.50. The van der Waals surface area contributed by atoms with Crippen LogP contribution in [0.25, 0.3) is 0 Å². The Bertz CT molecular complexity index is 163. The molecule has 0 aromatic carbocycles. The fraction of sp³-hybridized carbons (Fsp3) is 1.00. The van der Waals surface area contributed by atoms with Crippen molar-refractivity contribution in [1.29, 1.82) is 0 Å². The fourth-order valence-electron chi connectivity index (χ4n) is 2.20. The van der Waals surface area contributed by atoms with Crippen molar-refractivity contribution in [3.8, 4) is 0 Å². The molecule has 1 saturated heterocycles. The molecule has 84 valence electrons. The summed E-state index contributed by atoms with van der Waals surface area (Å²) in [4.78, 5) is 2.51. The van der Waals surface area contributed by atoms with Crippen molar-refractivity contribution in [2.75, 3.05) is 27.4 Å². The van der Waals surface area contributed by atoms with Crippen molar-refractivity contribution in [3.05, 3.63) is 0 Å². The van der Waals surface area contributed by atoms with Crippen molar-refractivity contribution >= 4 is 0 Å². The minimum Gasteiger partial charge on any atom is -0.383 e. The molecule has 1 heterocycles. The van der Waals surface area contributed by atoms with Crippen molar-refractivity contribution < 1.29 is 9.47 Å². The van der Waals surface area contributed by atoms with Crippen LogP contribution in [0.1, 0.15) is 26.7 Å². The summed E-state index contributed by atoms with van der Waals surface area (Å²) in [6, 6.07) is 1.18. The van der Waals surface area contributed by atoms with E-state index in [4.69, 9.17) is 9.47 Å². The second-order valence-electron chi connectivity index (χ2n) is 4.16. The third-order valence-corrected chi connectivity index (χ3v) is 3.27. The van der Waals surface area contributed by atoms with Crippen molar-refractivity contribution in [2.24, 2.45) is 0 Å². The van der Waals surface area contributed by atoms with Gasteiger partial charge in [-0.1, -0.05) is 6.92 Å². The van der Waals surface area contributed by atoms with Gasteiger partial charge in [-0.05, 0) is 19.8 Å². The summed E-state index contributed by atoms with van der Waals surface area (Å²) in [5, 5.41) is 0. The van der Waals surface area contributed by atoms with E-state index in [1.807, 2.05) is 0 Å². The molecular weight excluding hydrogens is 178 g/mol. The highest BCUT2D eigenvalue weighted by molar-refractivity contribution is 4.88. The molecule has 0 amide bonds. The van der Waals surface area contributed by atoms with E-state index < -0.39 is 0 Å². The average Bonchev–Trinajstić information content (AvgIpc) is 2.61. The third-order valence-electron chi connectivity index (χ3n) is 3.27. The molecule has 0 aliphatic carbocycles. The van der Waals surface area contributed by atoms with E-state index in [2.05, 4.69) is 18.7 Å². The molecule has 0 saturated carbocycles. The highest BCUT2D eigenvalue weighted by Crippen LogP contribution is 2.23. The Labute approximate surface area is 87.4 Å². The molecule has 0 aromatic heterocycles. The van der Waals surface area contributed by atoms with Crippen LogP contribution in [0.5, 0.6) is 0 Å². The molecular formula is C11H23NO2. The molecule has 14 heavy (non-hydrogen) atoms. The van der Waals surface area contributed by atoms with Gasteiger partial charge in [-0.2, -0.15) is 0 Å². The number of methoxy groups -OCH3 is 2. The Morgan fingerprint density at radius 2 is 2.14 bits per heavy atom. The number of likely N-dealkylation sites (tertiary alicyclic amines) is 1. The molecule has 1 aliphatic rings. The molecule has 3 heteroatoms. The van der Waals surface area contributed by atoms with E-state index in [0.29, 0.717) is 18.2 Å². The van der Waals surface area contributed by atoms with Gasteiger partial charge in [0.1, 0.15) is 0 Å². The van der Waals surface area contributed by atoms with Crippen molar-refractivity contribution in [3.63, 3.8) is 0 Å². The smallest absolute Gasteiger partial charge is 0.0714 e. The Balaban J connectivity index is 2.52. The summed E-state index contributed by atoms with van der Waals surface area (Å²) in [5.41, 5.74) is 0. The fourth-order valence-corrected chi connectivity index (χ4v) is 2.20. The van der Waals surface area contributed by atoms with Crippen LogP contribution in [0.4, 0.5) is 0 Å². The van der Waals surface area contributed by atoms with Crippen LogP contribution in [-0.4, -0.2) is 50.5 Å². The number of ether oxygens (including phenoxy) is 2. The first-order valence-electron chi connectivity index (χ1n) is 5.50. The van der Waals surface area contributed by atoms with Crippen LogP contribution in [-0.2, 0) is 9.47 Å². The molecule has 1 aliphatic heterocycles. The maximum Gasteiger partial charge on any atom is 0.0714 e. The van der Waals surface area contributed by atoms with Gasteiger partial charge in [0.25, 0.3) is 0 Å². The summed E-state index contributed by atoms with van der Waals surface area (Å²) >= 11 is 0. The molecule has 1 fully saturated rings. The maximum absolute atomic E-state index is 5.42. The number of hydrogen-bond donors (Lipinski definition) is 0. The largest absolute Gasteiger partial charge is 0.383 e. The lowest BCUT2D eigenvalue weighted by molar-refractivity contribution is 0.0874. The molecule has 1 rings (SSSR count). The number of nitrogens with zero attached hydrogens (tertiary/aromatic N) is 1. The lowest BCUT2D eigenvalue weighted by Gasteiger charge is -2.29. The van der Waals surface area contributed by atoms with Gasteiger partial charge in [-0.3, -0.25) is 4.90 Å². The van der Waals surface area contributed by atoms with E-state index in [-0.39, 0.29) is 0 Å². The highest BCUT2D eigenvalue weighted by Gasteiger charge is 2.34. The maximum atomic E-state index is 5.42. The van der Waals surface area contributed by atoms with Gasteiger partial charge in [0.05, 0.1) is 12.7 Å². The summed E-state index contributed by atoms with van der Waals surface area (Å²) in [6.45, 7) is 6.39. The molecule has 0 aromatic rings. The average molecular weight is 201 g/mol. The van der Waals surface area contributed by atoms with Gasteiger partial charge in [-0.25, -0.2) is 0 Å². The van der Waals surface area contributed by atoms with Crippen LogP contribution < -0.4 is 0 Å². The zero-order valence-electron chi connectivity index (χ0n) is 9.82. The molecule has 0 bridgehead atoms. The SMILES string of the molecule is CCC(C)N1CC(OC)CC1COC. The third kappa shape index (κ3) is 2.69. The van der Waals surface area contributed by atoms with E-state index in [9.17, 15) is 0 Å². The Morgan fingerprint density at radius 3 is 2.64 bits per heavy atom. The number of rotatable bonds is 5. The van der Waals surface area contributed by atoms with Gasteiger partial charge >= 0.3 is 0 Å². The lowest BCUT2D eigenvalue weighted by atomic mass is 10.1. The topological polar surface area (TPSA) is 21.7 Å². The number of hydrogen-bond acceptors (Lipinski definition) is 3. The normalized spacial score (nSPS) is 30.9. The lowest BCUT2D eigenvalue weighted by Crippen LogP contribution is -2.39. The standard InChI is InChI=1S/C11H23NO2/c1-5-9(2)12-7-11(14-4)6-10(12)8-13-3/h9-11H,5-8H2,1-4H3. The molecule has 3 nitrogen and oxygen atoms in total. The Morgan fingerprint density at radius 1 is 1.43 bits per heavy atom. The van der Waals surface area contributed by atoms with Crippen LogP contribution >= 0.6 is 0 Å². The quantitative estimate of drug-likeness (QED) is 0.673. The van der Waals surface area contributed by atoms with Crippen LogP contribution in [0, 0.1) is 0 Å². The summed E-state index contributed by atoms with van der Waals surface area (Å²) < 4.78 is 10.7. The Kier molecular flexibility index (Phi) is 4.85. The predicted molar refractivity (Wildman–Crippen MR) is 57.5 cm³/mol. The van der Waals surface area contributed by atoms with Crippen molar-refractivity contribution in [1.82, 2.24) is 4.90 Å². The highest BCUT2D eigenvalue weighted by atomic mass is 16.5. The van der Waals surface area contributed by atoms with Gasteiger partial charge in [0.2, 0.25) is 0 Å². The Hall–Kier alpha value is -0.120. The molecule has 0 N–H and O–H groups in total. The minimum absolute atomic E-state index is 0.393. The zero-order valence-corrected chi connectivity index (χ0v) is 9.82. The molecule has 3 atom stereocenters. The molecule has 0 spiro atoms. The molecule has 3 unspecified atom stereocenters. The van der Waals surface area contributed by atoms with E-state index in [0.717, 1.165) is 19.6 Å². The second-order valence-corrected chi connectivity index (χ2v) is 4.16. The van der Waals surface area contributed by atoms with Gasteiger partial charge in [-0.15, -0.1) is 0 Å². The first-order chi connectivity index (χ1) is 6.72. The summed E-state index contributed by atoms with van der Waals surface area (Å²) in [5.74, 6) is 0. The van der Waals surface area contributed by atoms with Crippen LogP contribution in [0.15, 0.2) is 0 Å². The predicted octanol–water partition coefficient (Wildman–Crippen LogP) is 1.52. The van der Waals surface area contributed by atoms with Crippen molar-refractivity contribution in [2.45, 2.75) is 44.9 Å². The van der Waals surface area contributed by atoms with Gasteiger partial charge in [0, 0.05) is 32.8 Å². The summed E-state index contributed by atoms with van der Waals surface area (Å²) in [6.07, 6.45) is 2.69. The second kappa shape index (κ2) is 5.69. The van der Waals surface area contributed by atoms with E-state index in [1.54, 1.807) is 14.2 Å². The molecule has 0 radical (unpaired) electrons. The van der Waals surface area contributed by atoms with Gasteiger partial charge in [0.15, 0.2) is 0 Å². The van der Waals surface area contributed by atoms with E-state index in [1.165, 1.54) is 6.42 Å².